The van der Waals surface area contributed by atoms with Gasteiger partial charge in [0, 0.05) is 13.1 Å². The van der Waals surface area contributed by atoms with Crippen LogP contribution in [0.5, 0.6) is 0 Å². The SMILES string of the molecule is C#CCN(CCC)CC(C)(C)CNC. The Morgan fingerprint density at radius 2 is 2.07 bits per heavy atom. The molecule has 0 aromatic heterocycles. The second-order valence-electron chi connectivity index (χ2n) is 4.61. The minimum Gasteiger partial charge on any atom is -0.319 e. The van der Waals surface area contributed by atoms with E-state index in [4.69, 9.17) is 6.42 Å². The van der Waals surface area contributed by atoms with E-state index in [0.717, 1.165) is 32.6 Å². The fourth-order valence-electron chi connectivity index (χ4n) is 1.80. The summed E-state index contributed by atoms with van der Waals surface area (Å²) in [6.45, 7) is 10.7. The van der Waals surface area contributed by atoms with E-state index >= 15 is 0 Å². The van der Waals surface area contributed by atoms with Crippen molar-refractivity contribution >= 4 is 0 Å². The third-order valence-electron chi connectivity index (χ3n) is 2.16. The highest BCUT2D eigenvalue weighted by molar-refractivity contribution is 4.89. The molecule has 0 aliphatic rings. The van der Waals surface area contributed by atoms with Crippen LogP contribution in [-0.2, 0) is 0 Å². The summed E-state index contributed by atoms with van der Waals surface area (Å²) in [4.78, 5) is 2.34. The largest absolute Gasteiger partial charge is 0.319 e. The Balaban J connectivity index is 4.06. The molecule has 82 valence electrons. The maximum Gasteiger partial charge on any atom is 0.0599 e. The van der Waals surface area contributed by atoms with Gasteiger partial charge in [0.2, 0.25) is 0 Å². The van der Waals surface area contributed by atoms with Crippen LogP contribution >= 0.6 is 0 Å². The van der Waals surface area contributed by atoms with Gasteiger partial charge in [0.05, 0.1) is 6.54 Å². The van der Waals surface area contributed by atoms with Crippen molar-refractivity contribution in [2.45, 2.75) is 27.2 Å². The van der Waals surface area contributed by atoms with E-state index in [1.807, 2.05) is 7.05 Å². The second kappa shape index (κ2) is 6.86. The van der Waals surface area contributed by atoms with Crippen LogP contribution in [0.4, 0.5) is 0 Å². The standard InChI is InChI=1S/C12H24N2/c1-6-8-14(9-7-2)11-12(3,4)10-13-5/h1,13H,7-11H2,2-5H3. The van der Waals surface area contributed by atoms with Gasteiger partial charge < -0.3 is 5.32 Å². The molecule has 0 atom stereocenters. The first-order valence-electron chi connectivity index (χ1n) is 5.36. The summed E-state index contributed by atoms with van der Waals surface area (Å²) < 4.78 is 0. The first-order chi connectivity index (χ1) is 6.55. The van der Waals surface area contributed by atoms with E-state index in [0.29, 0.717) is 5.41 Å². The number of hydrogen-bond acceptors (Lipinski definition) is 2. The molecule has 2 nitrogen and oxygen atoms in total. The van der Waals surface area contributed by atoms with E-state index in [1.54, 1.807) is 0 Å². The van der Waals surface area contributed by atoms with Crippen molar-refractivity contribution in [2.75, 3.05) is 33.2 Å². The summed E-state index contributed by atoms with van der Waals surface area (Å²) in [6, 6.07) is 0. The van der Waals surface area contributed by atoms with Crippen molar-refractivity contribution in [3.8, 4) is 12.3 Å². The summed E-state index contributed by atoms with van der Waals surface area (Å²) in [5.74, 6) is 2.72. The highest BCUT2D eigenvalue weighted by Gasteiger charge is 2.19. The molecule has 0 aliphatic carbocycles. The maximum absolute atomic E-state index is 5.35. The van der Waals surface area contributed by atoms with Gasteiger partial charge in [-0.15, -0.1) is 6.42 Å². The molecule has 0 spiro atoms. The van der Waals surface area contributed by atoms with Gasteiger partial charge in [0.15, 0.2) is 0 Å². The first kappa shape index (κ1) is 13.5. The van der Waals surface area contributed by atoms with Crippen molar-refractivity contribution < 1.29 is 0 Å². The fraction of sp³-hybridized carbons (Fsp3) is 0.833. The number of hydrogen-bond donors (Lipinski definition) is 1. The van der Waals surface area contributed by atoms with Gasteiger partial charge in [-0.3, -0.25) is 4.90 Å². The topological polar surface area (TPSA) is 15.3 Å². The zero-order valence-corrected chi connectivity index (χ0v) is 10.1. The molecule has 0 heterocycles. The lowest BCUT2D eigenvalue weighted by Crippen LogP contribution is -2.40. The van der Waals surface area contributed by atoms with Crippen LogP contribution in [-0.4, -0.2) is 38.1 Å². The van der Waals surface area contributed by atoms with Crippen molar-refractivity contribution in [1.29, 1.82) is 0 Å². The van der Waals surface area contributed by atoms with Crippen molar-refractivity contribution in [3.05, 3.63) is 0 Å². The molecule has 0 unspecified atom stereocenters. The summed E-state index contributed by atoms with van der Waals surface area (Å²) in [7, 11) is 1.99. The van der Waals surface area contributed by atoms with Crippen molar-refractivity contribution in [3.63, 3.8) is 0 Å². The number of terminal acetylenes is 1. The molecule has 1 N–H and O–H groups in total. The minimum atomic E-state index is 0.292. The molecule has 0 radical (unpaired) electrons. The Morgan fingerprint density at radius 1 is 1.43 bits per heavy atom. The highest BCUT2D eigenvalue weighted by atomic mass is 15.1. The summed E-state index contributed by atoms with van der Waals surface area (Å²) in [5.41, 5.74) is 0.292. The molecule has 14 heavy (non-hydrogen) atoms. The van der Waals surface area contributed by atoms with E-state index < -0.39 is 0 Å². The van der Waals surface area contributed by atoms with Crippen LogP contribution in [0.25, 0.3) is 0 Å². The van der Waals surface area contributed by atoms with E-state index in [-0.39, 0.29) is 0 Å². The van der Waals surface area contributed by atoms with Crippen LogP contribution in [0.2, 0.25) is 0 Å². The number of nitrogens with one attached hydrogen (secondary N) is 1. The minimum absolute atomic E-state index is 0.292. The zero-order valence-electron chi connectivity index (χ0n) is 10.1. The molecule has 0 bridgehead atoms. The molecular formula is C12H24N2. The Hall–Kier alpha value is -0.520. The Kier molecular flexibility index (Phi) is 6.61. The highest BCUT2D eigenvalue weighted by Crippen LogP contribution is 2.15. The average molecular weight is 196 g/mol. The average Bonchev–Trinajstić information content (AvgIpc) is 2.03. The molecule has 2 heteroatoms. The molecule has 0 fully saturated rings. The van der Waals surface area contributed by atoms with E-state index in [1.165, 1.54) is 0 Å². The summed E-state index contributed by atoms with van der Waals surface area (Å²) in [6.07, 6.45) is 6.51. The monoisotopic (exact) mass is 196 g/mol. The zero-order chi connectivity index (χ0) is 11.0. The third-order valence-corrected chi connectivity index (χ3v) is 2.16. The van der Waals surface area contributed by atoms with Gasteiger partial charge in [-0.2, -0.15) is 0 Å². The number of rotatable bonds is 7. The normalized spacial score (nSPS) is 11.7. The van der Waals surface area contributed by atoms with Gasteiger partial charge in [-0.1, -0.05) is 26.7 Å². The Labute approximate surface area is 89.1 Å². The molecule has 0 saturated heterocycles. The lowest BCUT2D eigenvalue weighted by atomic mass is 9.92. The smallest absolute Gasteiger partial charge is 0.0599 e. The van der Waals surface area contributed by atoms with Gasteiger partial charge in [0.25, 0.3) is 0 Å². The summed E-state index contributed by atoms with van der Waals surface area (Å²) >= 11 is 0. The third kappa shape index (κ3) is 6.01. The quantitative estimate of drug-likeness (QED) is 0.622. The molecule has 0 aliphatic heterocycles. The predicted octanol–water partition coefficient (Wildman–Crippen LogP) is 1.58. The maximum atomic E-state index is 5.35. The molecule has 0 aromatic rings. The van der Waals surface area contributed by atoms with Crippen LogP contribution in [0.1, 0.15) is 27.2 Å². The van der Waals surface area contributed by atoms with Gasteiger partial charge >= 0.3 is 0 Å². The lowest BCUT2D eigenvalue weighted by Gasteiger charge is -2.31. The van der Waals surface area contributed by atoms with Crippen LogP contribution in [0, 0.1) is 17.8 Å². The molecule has 0 rings (SSSR count). The van der Waals surface area contributed by atoms with Gasteiger partial charge in [-0.05, 0) is 25.4 Å². The van der Waals surface area contributed by atoms with Crippen molar-refractivity contribution in [2.24, 2.45) is 5.41 Å². The Morgan fingerprint density at radius 3 is 2.50 bits per heavy atom. The number of nitrogens with zero attached hydrogens (tertiary/aromatic N) is 1. The molecular weight excluding hydrogens is 172 g/mol. The van der Waals surface area contributed by atoms with Crippen molar-refractivity contribution in [1.82, 2.24) is 10.2 Å². The predicted molar refractivity (Wildman–Crippen MR) is 63.3 cm³/mol. The Bertz CT molecular complexity index is 179. The van der Waals surface area contributed by atoms with Gasteiger partial charge in [-0.25, -0.2) is 0 Å². The fourth-order valence-corrected chi connectivity index (χ4v) is 1.80. The second-order valence-corrected chi connectivity index (χ2v) is 4.61. The van der Waals surface area contributed by atoms with Crippen LogP contribution in [0.15, 0.2) is 0 Å². The molecule has 0 saturated carbocycles. The van der Waals surface area contributed by atoms with E-state index in [9.17, 15) is 0 Å². The lowest BCUT2D eigenvalue weighted by molar-refractivity contribution is 0.193. The molecule has 0 amide bonds. The summed E-state index contributed by atoms with van der Waals surface area (Å²) in [5, 5.41) is 3.22. The van der Waals surface area contributed by atoms with E-state index in [2.05, 4.69) is 36.9 Å². The first-order valence-corrected chi connectivity index (χ1v) is 5.36. The molecule has 0 aromatic carbocycles. The van der Waals surface area contributed by atoms with Crippen LogP contribution < -0.4 is 5.32 Å². The van der Waals surface area contributed by atoms with Crippen LogP contribution in [0.3, 0.4) is 0 Å². The van der Waals surface area contributed by atoms with Gasteiger partial charge in [0.1, 0.15) is 0 Å².